The molecule has 1 heterocycles. The molecule has 23 heavy (non-hydrogen) atoms. The Kier molecular flexibility index (Phi) is 4.42. The Hall–Kier alpha value is -2.62. The largest absolute Gasteiger partial charge is 0.342 e. The van der Waals surface area contributed by atoms with Crippen molar-refractivity contribution in [3.05, 3.63) is 54.6 Å². The summed E-state index contributed by atoms with van der Waals surface area (Å²) in [5.74, 6) is 0.961. The second kappa shape index (κ2) is 6.65. The summed E-state index contributed by atoms with van der Waals surface area (Å²) in [4.78, 5) is 19.2. The topological polar surface area (TPSA) is 38.1 Å². The van der Waals surface area contributed by atoms with E-state index >= 15 is 0 Å². The third-order valence-corrected chi connectivity index (χ3v) is 4.10. The Morgan fingerprint density at radius 2 is 1.65 bits per heavy atom. The van der Waals surface area contributed by atoms with Crippen molar-refractivity contribution < 1.29 is 4.79 Å². The minimum Gasteiger partial charge on any atom is -0.342 e. The van der Waals surface area contributed by atoms with Gasteiger partial charge in [-0.05, 0) is 26.0 Å². The molecule has 118 valence electrons. The maximum absolute atomic E-state index is 12.6. The number of hydrogen-bond donors (Lipinski definition) is 0. The number of fused-ring (bicyclic) bond motifs is 1. The van der Waals surface area contributed by atoms with E-state index in [2.05, 4.69) is 0 Å². The van der Waals surface area contributed by atoms with Gasteiger partial charge >= 0.3 is 0 Å². The van der Waals surface area contributed by atoms with E-state index in [9.17, 15) is 4.79 Å². The van der Waals surface area contributed by atoms with Gasteiger partial charge in [0, 0.05) is 18.7 Å². The van der Waals surface area contributed by atoms with Gasteiger partial charge in [0.2, 0.25) is 5.91 Å². The zero-order chi connectivity index (χ0) is 16.2. The Balaban J connectivity index is 2.08. The van der Waals surface area contributed by atoms with Crippen molar-refractivity contribution in [2.75, 3.05) is 13.1 Å². The highest BCUT2D eigenvalue weighted by Crippen LogP contribution is 2.24. The van der Waals surface area contributed by atoms with Crippen molar-refractivity contribution >= 4 is 16.9 Å². The second-order valence-electron chi connectivity index (χ2n) is 5.44. The molecule has 0 unspecified atom stereocenters. The van der Waals surface area contributed by atoms with Gasteiger partial charge < -0.3 is 9.47 Å². The average molecular weight is 307 g/mol. The first kappa shape index (κ1) is 15.3. The molecule has 3 rings (SSSR count). The van der Waals surface area contributed by atoms with Crippen molar-refractivity contribution in [3.63, 3.8) is 0 Å². The predicted octanol–water partition coefficient (Wildman–Crippen LogP) is 3.57. The van der Waals surface area contributed by atoms with Crippen LogP contribution in [0.3, 0.4) is 0 Å². The number of likely N-dealkylation sites (N-methyl/N-ethyl adjacent to an activating group) is 1. The highest BCUT2D eigenvalue weighted by molar-refractivity contribution is 5.84. The molecule has 2 aromatic carbocycles. The van der Waals surface area contributed by atoms with E-state index in [1.54, 1.807) is 0 Å². The van der Waals surface area contributed by atoms with Crippen LogP contribution in [0.25, 0.3) is 22.4 Å². The highest BCUT2D eigenvalue weighted by Gasteiger charge is 2.17. The summed E-state index contributed by atoms with van der Waals surface area (Å²) in [5, 5.41) is 0. The fourth-order valence-electron chi connectivity index (χ4n) is 2.85. The Bertz CT molecular complexity index is 804. The molecule has 4 nitrogen and oxygen atoms in total. The van der Waals surface area contributed by atoms with Crippen molar-refractivity contribution in [2.45, 2.75) is 20.4 Å². The highest BCUT2D eigenvalue weighted by atomic mass is 16.2. The van der Waals surface area contributed by atoms with Gasteiger partial charge in [0.1, 0.15) is 12.4 Å². The molecule has 1 aromatic heterocycles. The molecule has 0 radical (unpaired) electrons. The summed E-state index contributed by atoms with van der Waals surface area (Å²) >= 11 is 0. The zero-order valence-electron chi connectivity index (χ0n) is 13.6. The smallest absolute Gasteiger partial charge is 0.242 e. The van der Waals surface area contributed by atoms with Crippen LogP contribution in [-0.4, -0.2) is 33.4 Å². The molecule has 0 aliphatic carbocycles. The van der Waals surface area contributed by atoms with Crippen LogP contribution in [0.4, 0.5) is 0 Å². The molecule has 0 fully saturated rings. The summed E-state index contributed by atoms with van der Waals surface area (Å²) in [7, 11) is 0. The number of carbonyl (C=O) groups excluding carboxylic acids is 1. The van der Waals surface area contributed by atoms with Crippen LogP contribution in [0.5, 0.6) is 0 Å². The number of amides is 1. The van der Waals surface area contributed by atoms with Crippen molar-refractivity contribution in [2.24, 2.45) is 0 Å². The third kappa shape index (κ3) is 2.97. The minimum absolute atomic E-state index is 0.121. The molecule has 0 spiro atoms. The lowest BCUT2D eigenvalue weighted by Gasteiger charge is -2.20. The number of nitrogens with zero attached hydrogens (tertiary/aromatic N) is 3. The van der Waals surface area contributed by atoms with Crippen LogP contribution in [0.2, 0.25) is 0 Å². The number of benzene rings is 2. The summed E-state index contributed by atoms with van der Waals surface area (Å²) in [6.45, 7) is 5.77. The van der Waals surface area contributed by atoms with Gasteiger partial charge in [-0.2, -0.15) is 0 Å². The monoisotopic (exact) mass is 307 g/mol. The van der Waals surface area contributed by atoms with Gasteiger partial charge in [-0.3, -0.25) is 4.79 Å². The molecule has 3 aromatic rings. The van der Waals surface area contributed by atoms with Crippen LogP contribution in [0, 0.1) is 0 Å². The molecule has 4 heteroatoms. The third-order valence-electron chi connectivity index (χ3n) is 4.10. The Labute approximate surface area is 136 Å². The lowest BCUT2D eigenvalue weighted by Crippen LogP contribution is -2.33. The number of imidazole rings is 1. The maximum Gasteiger partial charge on any atom is 0.242 e. The van der Waals surface area contributed by atoms with E-state index in [-0.39, 0.29) is 5.91 Å². The molecule has 0 saturated carbocycles. The normalized spacial score (nSPS) is 10.9. The van der Waals surface area contributed by atoms with Gasteiger partial charge in [-0.15, -0.1) is 0 Å². The number of para-hydroxylation sites is 2. The van der Waals surface area contributed by atoms with Crippen LogP contribution >= 0.6 is 0 Å². The van der Waals surface area contributed by atoms with Gasteiger partial charge in [0.05, 0.1) is 11.0 Å². The summed E-state index contributed by atoms with van der Waals surface area (Å²) in [6, 6.07) is 18.0. The van der Waals surface area contributed by atoms with E-state index < -0.39 is 0 Å². The minimum atomic E-state index is 0.121. The number of rotatable bonds is 5. The first-order chi connectivity index (χ1) is 11.2. The SMILES string of the molecule is CCN(CC)C(=O)Cn1c(-c2ccccc2)nc2ccccc21. The lowest BCUT2D eigenvalue weighted by molar-refractivity contribution is -0.131. The Morgan fingerprint density at radius 1 is 1.00 bits per heavy atom. The van der Waals surface area contributed by atoms with E-state index in [1.807, 2.05) is 77.9 Å². The van der Waals surface area contributed by atoms with E-state index in [0.717, 1.165) is 35.5 Å². The van der Waals surface area contributed by atoms with Crippen molar-refractivity contribution in [3.8, 4) is 11.4 Å². The van der Waals surface area contributed by atoms with Crippen molar-refractivity contribution in [1.82, 2.24) is 14.5 Å². The van der Waals surface area contributed by atoms with Gasteiger partial charge in [0.25, 0.3) is 0 Å². The molecule has 0 atom stereocenters. The number of aromatic nitrogens is 2. The molecular weight excluding hydrogens is 286 g/mol. The van der Waals surface area contributed by atoms with Gasteiger partial charge in [-0.25, -0.2) is 4.98 Å². The van der Waals surface area contributed by atoms with Crippen LogP contribution in [0.15, 0.2) is 54.6 Å². The van der Waals surface area contributed by atoms with Gasteiger partial charge in [0.15, 0.2) is 0 Å². The number of carbonyl (C=O) groups is 1. The first-order valence-electron chi connectivity index (χ1n) is 8.03. The fourth-order valence-corrected chi connectivity index (χ4v) is 2.85. The quantitative estimate of drug-likeness (QED) is 0.722. The van der Waals surface area contributed by atoms with Gasteiger partial charge in [-0.1, -0.05) is 42.5 Å². The summed E-state index contributed by atoms with van der Waals surface area (Å²) in [5.41, 5.74) is 2.93. The van der Waals surface area contributed by atoms with Crippen LogP contribution in [-0.2, 0) is 11.3 Å². The molecular formula is C19H21N3O. The molecule has 0 aliphatic rings. The Morgan fingerprint density at radius 3 is 2.35 bits per heavy atom. The first-order valence-corrected chi connectivity index (χ1v) is 8.03. The summed E-state index contributed by atoms with van der Waals surface area (Å²) in [6.07, 6.45) is 0. The van der Waals surface area contributed by atoms with Crippen LogP contribution < -0.4 is 0 Å². The molecule has 0 aliphatic heterocycles. The second-order valence-corrected chi connectivity index (χ2v) is 5.44. The molecule has 1 amide bonds. The average Bonchev–Trinajstić information content (AvgIpc) is 2.95. The lowest BCUT2D eigenvalue weighted by atomic mass is 10.2. The fraction of sp³-hybridized carbons (Fsp3) is 0.263. The zero-order valence-corrected chi connectivity index (χ0v) is 13.6. The maximum atomic E-state index is 12.6. The van der Waals surface area contributed by atoms with E-state index in [0.29, 0.717) is 6.54 Å². The molecule has 0 N–H and O–H groups in total. The molecule has 0 bridgehead atoms. The van der Waals surface area contributed by atoms with E-state index in [4.69, 9.17) is 4.98 Å². The summed E-state index contributed by atoms with van der Waals surface area (Å²) < 4.78 is 2.02. The standard InChI is InChI=1S/C19H21N3O/c1-3-21(4-2)18(23)14-22-17-13-9-8-12-16(17)20-19(22)15-10-6-5-7-11-15/h5-13H,3-4,14H2,1-2H3. The van der Waals surface area contributed by atoms with Crippen molar-refractivity contribution in [1.29, 1.82) is 0 Å². The predicted molar refractivity (Wildman–Crippen MR) is 93.1 cm³/mol. The van der Waals surface area contributed by atoms with E-state index in [1.165, 1.54) is 0 Å². The molecule has 0 saturated heterocycles. The number of hydrogen-bond acceptors (Lipinski definition) is 2. The van der Waals surface area contributed by atoms with Crippen LogP contribution in [0.1, 0.15) is 13.8 Å².